The first-order valence-corrected chi connectivity index (χ1v) is 5.29. The molecule has 0 radical (unpaired) electrons. The second-order valence-electron chi connectivity index (χ2n) is 3.99. The summed E-state index contributed by atoms with van der Waals surface area (Å²) in [7, 11) is 0. The van der Waals surface area contributed by atoms with E-state index in [2.05, 4.69) is 0 Å². The summed E-state index contributed by atoms with van der Waals surface area (Å²) in [6.07, 6.45) is 3.38. The van der Waals surface area contributed by atoms with Gasteiger partial charge in [-0.1, -0.05) is 0 Å². The summed E-state index contributed by atoms with van der Waals surface area (Å²) < 4.78 is 11.0. The van der Waals surface area contributed by atoms with E-state index in [0.29, 0.717) is 25.7 Å². The van der Waals surface area contributed by atoms with Crippen molar-refractivity contribution in [1.82, 2.24) is 4.90 Å². The quantitative estimate of drug-likeness (QED) is 0.599. The molecule has 2 rings (SSSR count). The highest BCUT2D eigenvalue weighted by atomic mass is 16.6. The van der Waals surface area contributed by atoms with Crippen LogP contribution in [0, 0.1) is 5.92 Å². The van der Waals surface area contributed by atoms with Crippen LogP contribution in [0.2, 0.25) is 0 Å². The highest BCUT2D eigenvalue weighted by Gasteiger charge is 2.29. The maximum Gasteiger partial charge on any atom is 0.209 e. The van der Waals surface area contributed by atoms with Gasteiger partial charge in [-0.3, -0.25) is 4.79 Å². The minimum Gasteiger partial charge on any atom is -0.376 e. The number of ether oxygens (including phenoxy) is 2. The van der Waals surface area contributed by atoms with Gasteiger partial charge in [0.05, 0.1) is 25.9 Å². The average Bonchev–Trinajstić information content (AvgIpc) is 2.30. The van der Waals surface area contributed by atoms with Crippen LogP contribution in [-0.2, 0) is 14.3 Å². The monoisotopic (exact) mass is 199 g/mol. The largest absolute Gasteiger partial charge is 0.376 e. The highest BCUT2D eigenvalue weighted by Crippen LogP contribution is 2.22. The SMILES string of the molecule is O=CN1CCCC(C2COCCO2)C1. The van der Waals surface area contributed by atoms with E-state index in [4.69, 9.17) is 9.47 Å². The Hall–Kier alpha value is -0.610. The molecule has 2 saturated heterocycles. The molecule has 2 fully saturated rings. The molecule has 2 aliphatic rings. The first kappa shape index (κ1) is 9.93. The van der Waals surface area contributed by atoms with Crippen molar-refractivity contribution in [2.75, 3.05) is 32.9 Å². The van der Waals surface area contributed by atoms with Crippen molar-refractivity contribution in [3.8, 4) is 0 Å². The second kappa shape index (κ2) is 4.75. The van der Waals surface area contributed by atoms with Crippen molar-refractivity contribution in [3.63, 3.8) is 0 Å². The van der Waals surface area contributed by atoms with E-state index in [1.807, 2.05) is 4.90 Å². The van der Waals surface area contributed by atoms with Crippen LogP contribution in [0.15, 0.2) is 0 Å². The van der Waals surface area contributed by atoms with E-state index < -0.39 is 0 Å². The summed E-state index contributed by atoms with van der Waals surface area (Å²) in [5.41, 5.74) is 0. The van der Waals surface area contributed by atoms with Gasteiger partial charge in [0.25, 0.3) is 0 Å². The zero-order chi connectivity index (χ0) is 9.80. The third-order valence-corrected chi connectivity index (χ3v) is 3.01. The van der Waals surface area contributed by atoms with Gasteiger partial charge in [0.15, 0.2) is 0 Å². The Labute approximate surface area is 84.2 Å². The molecule has 14 heavy (non-hydrogen) atoms. The molecule has 0 aromatic carbocycles. The van der Waals surface area contributed by atoms with Gasteiger partial charge in [0.2, 0.25) is 6.41 Å². The van der Waals surface area contributed by atoms with E-state index in [-0.39, 0.29) is 6.10 Å². The molecule has 4 nitrogen and oxygen atoms in total. The lowest BCUT2D eigenvalue weighted by molar-refractivity contribution is -0.131. The Balaban J connectivity index is 1.86. The van der Waals surface area contributed by atoms with E-state index in [1.54, 1.807) is 0 Å². The summed E-state index contributed by atoms with van der Waals surface area (Å²) in [6, 6.07) is 0. The van der Waals surface area contributed by atoms with Crippen molar-refractivity contribution < 1.29 is 14.3 Å². The van der Waals surface area contributed by atoms with Gasteiger partial charge in [-0.05, 0) is 12.8 Å². The number of piperidine rings is 1. The van der Waals surface area contributed by atoms with Crippen LogP contribution < -0.4 is 0 Å². The summed E-state index contributed by atoms with van der Waals surface area (Å²) in [5.74, 6) is 0.467. The molecule has 2 unspecified atom stereocenters. The minimum absolute atomic E-state index is 0.200. The fraction of sp³-hybridized carbons (Fsp3) is 0.900. The Morgan fingerprint density at radius 2 is 2.29 bits per heavy atom. The first-order valence-electron chi connectivity index (χ1n) is 5.29. The van der Waals surface area contributed by atoms with Gasteiger partial charge in [0, 0.05) is 19.0 Å². The molecule has 2 aliphatic heterocycles. The first-order chi connectivity index (χ1) is 6.90. The molecule has 2 heterocycles. The van der Waals surface area contributed by atoms with E-state index >= 15 is 0 Å². The summed E-state index contributed by atoms with van der Waals surface area (Å²) in [6.45, 7) is 3.82. The highest BCUT2D eigenvalue weighted by molar-refractivity contribution is 5.47. The summed E-state index contributed by atoms with van der Waals surface area (Å²) >= 11 is 0. The molecule has 2 atom stereocenters. The average molecular weight is 199 g/mol. The van der Waals surface area contributed by atoms with Crippen LogP contribution in [0.4, 0.5) is 0 Å². The molecule has 0 aromatic rings. The fourth-order valence-corrected chi connectivity index (χ4v) is 2.22. The Morgan fingerprint density at radius 3 is 3.00 bits per heavy atom. The maximum absolute atomic E-state index is 10.6. The summed E-state index contributed by atoms with van der Waals surface area (Å²) in [5, 5.41) is 0. The number of hydrogen-bond donors (Lipinski definition) is 0. The fourth-order valence-electron chi connectivity index (χ4n) is 2.22. The molecule has 0 bridgehead atoms. The molecular formula is C10H17NO3. The third kappa shape index (κ3) is 2.25. The molecule has 0 aromatic heterocycles. The van der Waals surface area contributed by atoms with Gasteiger partial charge >= 0.3 is 0 Å². The molecule has 1 amide bonds. The Kier molecular flexibility index (Phi) is 3.37. The van der Waals surface area contributed by atoms with Crippen molar-refractivity contribution in [2.45, 2.75) is 18.9 Å². The van der Waals surface area contributed by atoms with Gasteiger partial charge < -0.3 is 14.4 Å². The number of hydrogen-bond acceptors (Lipinski definition) is 3. The molecule has 0 saturated carbocycles. The second-order valence-corrected chi connectivity index (χ2v) is 3.99. The van der Waals surface area contributed by atoms with Crippen LogP contribution >= 0.6 is 0 Å². The van der Waals surface area contributed by atoms with Crippen LogP contribution in [0.5, 0.6) is 0 Å². The van der Waals surface area contributed by atoms with Crippen molar-refractivity contribution in [1.29, 1.82) is 0 Å². The Bertz CT molecular complexity index is 192. The molecule has 80 valence electrons. The van der Waals surface area contributed by atoms with Crippen LogP contribution in [-0.4, -0.2) is 50.3 Å². The number of likely N-dealkylation sites (tertiary alicyclic amines) is 1. The lowest BCUT2D eigenvalue weighted by Gasteiger charge is -2.36. The Morgan fingerprint density at radius 1 is 1.36 bits per heavy atom. The number of carbonyl (C=O) groups is 1. The molecule has 4 heteroatoms. The van der Waals surface area contributed by atoms with Crippen molar-refractivity contribution in [2.24, 2.45) is 5.92 Å². The zero-order valence-electron chi connectivity index (χ0n) is 8.35. The van der Waals surface area contributed by atoms with Crippen LogP contribution in [0.1, 0.15) is 12.8 Å². The predicted molar refractivity (Wildman–Crippen MR) is 50.9 cm³/mol. The topological polar surface area (TPSA) is 38.8 Å². The van der Waals surface area contributed by atoms with E-state index in [1.165, 1.54) is 0 Å². The predicted octanol–water partition coefficient (Wildman–Crippen LogP) is 0.270. The normalized spacial score (nSPS) is 34.1. The molecular weight excluding hydrogens is 182 g/mol. The minimum atomic E-state index is 0.200. The van der Waals surface area contributed by atoms with Gasteiger partial charge in [-0.25, -0.2) is 0 Å². The van der Waals surface area contributed by atoms with Gasteiger partial charge in [-0.2, -0.15) is 0 Å². The number of rotatable bonds is 2. The van der Waals surface area contributed by atoms with Gasteiger partial charge in [-0.15, -0.1) is 0 Å². The third-order valence-electron chi connectivity index (χ3n) is 3.01. The van der Waals surface area contributed by atoms with Crippen LogP contribution in [0.25, 0.3) is 0 Å². The standard InChI is InChI=1S/C10H17NO3/c12-8-11-3-1-2-9(6-11)10-7-13-4-5-14-10/h8-10H,1-7H2. The van der Waals surface area contributed by atoms with Crippen LogP contribution in [0.3, 0.4) is 0 Å². The lowest BCUT2D eigenvalue weighted by atomic mass is 9.93. The molecule has 0 spiro atoms. The van der Waals surface area contributed by atoms with Crippen molar-refractivity contribution >= 4 is 6.41 Å². The summed E-state index contributed by atoms with van der Waals surface area (Å²) in [4.78, 5) is 12.5. The number of nitrogens with zero attached hydrogens (tertiary/aromatic N) is 1. The number of amides is 1. The molecule has 0 N–H and O–H groups in total. The van der Waals surface area contributed by atoms with Gasteiger partial charge in [0.1, 0.15) is 0 Å². The molecule has 0 aliphatic carbocycles. The maximum atomic E-state index is 10.6. The zero-order valence-corrected chi connectivity index (χ0v) is 8.35. The van der Waals surface area contributed by atoms with Crippen molar-refractivity contribution in [3.05, 3.63) is 0 Å². The van der Waals surface area contributed by atoms with E-state index in [0.717, 1.165) is 32.3 Å². The smallest absolute Gasteiger partial charge is 0.209 e. The number of carbonyl (C=O) groups excluding carboxylic acids is 1. The lowest BCUT2D eigenvalue weighted by Crippen LogP contribution is -2.44. The van der Waals surface area contributed by atoms with E-state index in [9.17, 15) is 4.79 Å².